The minimum absolute atomic E-state index is 0.181. The van der Waals surface area contributed by atoms with Crippen LogP contribution in [0.4, 0.5) is 8.78 Å². The summed E-state index contributed by atoms with van der Waals surface area (Å²) in [5.41, 5.74) is -0.362. The molecule has 1 aromatic carbocycles. The molecule has 1 aromatic rings. The monoisotopic (exact) mass is 446 g/mol. The molecule has 3 rings (SSSR count). The zero-order chi connectivity index (χ0) is 23.1. The van der Waals surface area contributed by atoms with Crippen LogP contribution >= 0.6 is 0 Å². The van der Waals surface area contributed by atoms with Gasteiger partial charge in [-0.15, -0.1) is 0 Å². The van der Waals surface area contributed by atoms with Gasteiger partial charge in [-0.1, -0.05) is 52.4 Å². The van der Waals surface area contributed by atoms with Gasteiger partial charge in [0.1, 0.15) is 0 Å². The Morgan fingerprint density at radius 3 is 1.34 bits per heavy atom. The average Bonchev–Trinajstić information content (AvgIpc) is 2.83. The summed E-state index contributed by atoms with van der Waals surface area (Å²) in [6.45, 7) is 4.36. The van der Waals surface area contributed by atoms with Gasteiger partial charge >= 0.3 is 0 Å². The Balaban J connectivity index is 1.61. The van der Waals surface area contributed by atoms with Crippen molar-refractivity contribution in [2.45, 2.75) is 104 Å². The molecule has 0 heterocycles. The Morgan fingerprint density at radius 1 is 0.688 bits per heavy atom. The van der Waals surface area contributed by atoms with Crippen molar-refractivity contribution >= 4 is 11.6 Å². The maximum atomic E-state index is 14.9. The van der Waals surface area contributed by atoms with Gasteiger partial charge in [0.15, 0.2) is 23.2 Å². The van der Waals surface area contributed by atoms with Crippen LogP contribution in [0.5, 0.6) is 0 Å². The number of hydrogen-bond donors (Lipinski definition) is 0. The quantitative estimate of drug-likeness (QED) is 0.339. The van der Waals surface area contributed by atoms with Crippen LogP contribution in [0, 0.1) is 35.3 Å². The maximum absolute atomic E-state index is 14.9. The van der Waals surface area contributed by atoms with Gasteiger partial charge in [0, 0.05) is 11.8 Å². The van der Waals surface area contributed by atoms with E-state index in [0.717, 1.165) is 51.4 Å². The van der Waals surface area contributed by atoms with Gasteiger partial charge in [-0.3, -0.25) is 9.59 Å². The van der Waals surface area contributed by atoms with Crippen LogP contribution in [0.2, 0.25) is 0 Å². The topological polar surface area (TPSA) is 34.1 Å². The molecule has 0 N–H and O–H groups in total. The summed E-state index contributed by atoms with van der Waals surface area (Å²) in [6, 6.07) is 2.70. The van der Waals surface area contributed by atoms with Crippen LogP contribution < -0.4 is 0 Å². The average molecular weight is 447 g/mol. The van der Waals surface area contributed by atoms with Gasteiger partial charge in [0.05, 0.1) is 11.1 Å². The van der Waals surface area contributed by atoms with E-state index in [4.69, 9.17) is 0 Å². The summed E-state index contributed by atoms with van der Waals surface area (Å²) in [6.07, 6.45) is 14.1. The Bertz CT molecular complexity index is 707. The zero-order valence-corrected chi connectivity index (χ0v) is 19.9. The third kappa shape index (κ3) is 6.05. The predicted molar refractivity (Wildman–Crippen MR) is 125 cm³/mol. The first kappa shape index (κ1) is 25.1. The Morgan fingerprint density at radius 2 is 1.03 bits per heavy atom. The second-order valence-electron chi connectivity index (χ2n) is 10.2. The van der Waals surface area contributed by atoms with E-state index in [1.54, 1.807) is 0 Å². The van der Waals surface area contributed by atoms with Crippen LogP contribution in [0.15, 0.2) is 12.1 Å². The van der Waals surface area contributed by atoms with E-state index >= 15 is 0 Å². The van der Waals surface area contributed by atoms with Gasteiger partial charge in [-0.25, -0.2) is 8.78 Å². The molecule has 178 valence electrons. The lowest BCUT2D eigenvalue weighted by atomic mass is 9.76. The van der Waals surface area contributed by atoms with Crippen molar-refractivity contribution in [1.29, 1.82) is 0 Å². The number of hydrogen-bond acceptors (Lipinski definition) is 2. The van der Waals surface area contributed by atoms with Gasteiger partial charge in [0.2, 0.25) is 0 Å². The number of halogens is 2. The van der Waals surface area contributed by atoms with E-state index in [-0.39, 0.29) is 34.5 Å². The Hall–Kier alpha value is -1.58. The first-order valence-corrected chi connectivity index (χ1v) is 13.0. The fourth-order valence-electron chi connectivity index (χ4n) is 5.78. The molecule has 0 saturated heterocycles. The first-order valence-electron chi connectivity index (χ1n) is 13.0. The fourth-order valence-corrected chi connectivity index (χ4v) is 5.78. The SMILES string of the molecule is CCCCC1CCC(C(=O)c2ccc(C(=O)C3CCC(CCCC)CC3)c(F)c2F)CC1. The second-order valence-corrected chi connectivity index (χ2v) is 10.2. The van der Waals surface area contributed by atoms with Crippen molar-refractivity contribution in [3.05, 3.63) is 34.9 Å². The highest BCUT2D eigenvalue weighted by molar-refractivity contribution is 6.01. The van der Waals surface area contributed by atoms with Crippen LogP contribution in [-0.4, -0.2) is 11.6 Å². The van der Waals surface area contributed by atoms with Crippen LogP contribution in [0.25, 0.3) is 0 Å². The lowest BCUT2D eigenvalue weighted by Crippen LogP contribution is -2.25. The maximum Gasteiger partial charge on any atom is 0.170 e. The summed E-state index contributed by atoms with van der Waals surface area (Å²) >= 11 is 0. The molecular formula is C28H40F2O2. The van der Waals surface area contributed by atoms with Crippen molar-refractivity contribution < 1.29 is 18.4 Å². The molecule has 2 nitrogen and oxygen atoms in total. The highest BCUT2D eigenvalue weighted by atomic mass is 19.2. The van der Waals surface area contributed by atoms with Crippen LogP contribution in [0.3, 0.4) is 0 Å². The summed E-state index contributed by atoms with van der Waals surface area (Å²) in [5.74, 6) is -2.04. The predicted octanol–water partition coefficient (Wildman–Crippen LogP) is 8.32. The van der Waals surface area contributed by atoms with Crippen LogP contribution in [-0.2, 0) is 0 Å². The van der Waals surface area contributed by atoms with E-state index in [1.807, 2.05) is 0 Å². The minimum atomic E-state index is -1.13. The normalized spacial score (nSPS) is 26.1. The lowest BCUT2D eigenvalue weighted by molar-refractivity contribution is 0.0849. The third-order valence-electron chi connectivity index (χ3n) is 7.98. The van der Waals surface area contributed by atoms with Crippen molar-refractivity contribution in [2.75, 3.05) is 0 Å². The molecule has 0 amide bonds. The molecule has 32 heavy (non-hydrogen) atoms. The van der Waals surface area contributed by atoms with Crippen molar-refractivity contribution in [1.82, 2.24) is 0 Å². The van der Waals surface area contributed by atoms with E-state index in [9.17, 15) is 18.4 Å². The molecule has 0 aromatic heterocycles. The molecule has 0 unspecified atom stereocenters. The molecule has 2 saturated carbocycles. The summed E-state index contributed by atoms with van der Waals surface area (Å²) in [5, 5.41) is 0. The molecule has 2 fully saturated rings. The zero-order valence-electron chi connectivity index (χ0n) is 19.9. The minimum Gasteiger partial charge on any atom is -0.294 e. The number of rotatable bonds is 10. The first-order chi connectivity index (χ1) is 15.5. The van der Waals surface area contributed by atoms with Crippen molar-refractivity contribution in [2.24, 2.45) is 23.7 Å². The van der Waals surface area contributed by atoms with E-state index in [2.05, 4.69) is 13.8 Å². The fraction of sp³-hybridized carbons (Fsp3) is 0.714. The number of Topliss-reactive ketones (excluding diaryl/α,β-unsaturated/α-hetero) is 2. The number of carbonyl (C=O) groups excluding carboxylic acids is 2. The Labute approximate surface area is 192 Å². The van der Waals surface area contributed by atoms with Gasteiger partial charge in [-0.2, -0.15) is 0 Å². The van der Waals surface area contributed by atoms with Crippen molar-refractivity contribution in [3.63, 3.8) is 0 Å². The smallest absolute Gasteiger partial charge is 0.170 e. The second kappa shape index (κ2) is 12.0. The van der Waals surface area contributed by atoms with Gasteiger partial charge in [-0.05, 0) is 75.3 Å². The summed E-state index contributed by atoms with van der Waals surface area (Å²) in [4.78, 5) is 25.8. The molecule has 0 bridgehead atoms. The molecule has 4 heteroatoms. The molecule has 2 aliphatic carbocycles. The highest BCUT2D eigenvalue weighted by Gasteiger charge is 2.32. The Kier molecular flexibility index (Phi) is 9.43. The third-order valence-corrected chi connectivity index (χ3v) is 7.98. The van der Waals surface area contributed by atoms with E-state index in [1.165, 1.54) is 50.7 Å². The van der Waals surface area contributed by atoms with Gasteiger partial charge in [0.25, 0.3) is 0 Å². The number of carbonyl (C=O) groups is 2. The number of unbranched alkanes of at least 4 members (excludes halogenated alkanes) is 2. The van der Waals surface area contributed by atoms with Gasteiger partial charge < -0.3 is 0 Å². The lowest BCUT2D eigenvalue weighted by Gasteiger charge is -2.28. The molecule has 0 atom stereocenters. The van der Waals surface area contributed by atoms with E-state index < -0.39 is 11.6 Å². The number of benzene rings is 1. The molecule has 0 aliphatic heterocycles. The largest absolute Gasteiger partial charge is 0.294 e. The van der Waals surface area contributed by atoms with Crippen molar-refractivity contribution in [3.8, 4) is 0 Å². The van der Waals surface area contributed by atoms with Crippen LogP contribution in [0.1, 0.15) is 124 Å². The standard InChI is InChI=1S/C28H40F2O2/c1-3-5-7-19-9-13-21(14-10-19)27(31)23-17-18-24(26(30)25(23)29)28(32)22-15-11-20(12-16-22)8-6-4-2/h17-22H,3-16H2,1-2H3. The molecule has 2 aliphatic rings. The summed E-state index contributed by atoms with van der Waals surface area (Å²) in [7, 11) is 0. The highest BCUT2D eigenvalue weighted by Crippen LogP contribution is 2.36. The molecule has 0 spiro atoms. The molecular weight excluding hydrogens is 406 g/mol. The number of ketones is 2. The summed E-state index contributed by atoms with van der Waals surface area (Å²) < 4.78 is 29.8. The van der Waals surface area contributed by atoms with E-state index in [0.29, 0.717) is 11.8 Å². The molecule has 0 radical (unpaired) electrons.